The lowest BCUT2D eigenvalue weighted by atomic mass is 10.2. The molecule has 0 atom stereocenters. The van der Waals surface area contributed by atoms with Crippen molar-refractivity contribution >= 4 is 27.8 Å². The van der Waals surface area contributed by atoms with Gasteiger partial charge in [0.15, 0.2) is 17.4 Å². The number of anilines is 1. The van der Waals surface area contributed by atoms with Crippen LogP contribution < -0.4 is 15.8 Å². The van der Waals surface area contributed by atoms with Crippen molar-refractivity contribution in [3.63, 3.8) is 0 Å². The summed E-state index contributed by atoms with van der Waals surface area (Å²) in [7, 11) is 0. The van der Waals surface area contributed by atoms with E-state index in [9.17, 15) is 13.6 Å². The minimum atomic E-state index is -1.17. The zero-order valence-electron chi connectivity index (χ0n) is 19.5. The van der Waals surface area contributed by atoms with E-state index in [2.05, 4.69) is 41.8 Å². The molecule has 10 nitrogen and oxygen atoms in total. The Labute approximate surface area is 209 Å². The maximum atomic E-state index is 14.9. The molecule has 0 radical (unpaired) electrons. The van der Waals surface area contributed by atoms with E-state index >= 15 is 0 Å². The number of carbonyl (C=O) groups excluding carboxylic acids is 1. The molecule has 0 saturated carbocycles. The summed E-state index contributed by atoms with van der Waals surface area (Å²) in [5.41, 5.74) is 5.49. The van der Waals surface area contributed by atoms with Gasteiger partial charge in [0.1, 0.15) is 17.1 Å². The van der Waals surface area contributed by atoms with Crippen LogP contribution in [0.25, 0.3) is 17.1 Å². The van der Waals surface area contributed by atoms with Crippen LogP contribution in [-0.4, -0.2) is 50.0 Å². The third-order valence-electron chi connectivity index (χ3n) is 4.60. The van der Waals surface area contributed by atoms with Crippen LogP contribution in [0.1, 0.15) is 40.0 Å². The number of benzene rings is 1. The fourth-order valence-corrected chi connectivity index (χ4v) is 3.36. The van der Waals surface area contributed by atoms with Crippen molar-refractivity contribution in [3.05, 3.63) is 40.5 Å². The number of nitrogens with zero attached hydrogens (tertiary/aromatic N) is 5. The molecule has 3 rings (SSSR count). The molecular weight excluding hydrogens is 528 g/mol. The summed E-state index contributed by atoms with van der Waals surface area (Å²) in [6.07, 6.45) is 3.01. The zero-order valence-corrected chi connectivity index (χ0v) is 21.1. The van der Waals surface area contributed by atoms with Gasteiger partial charge in [-0.3, -0.25) is 0 Å². The quantitative estimate of drug-likeness (QED) is 0.372. The number of nitrogens with one attached hydrogen (secondary N) is 1. The lowest BCUT2D eigenvalue weighted by Gasteiger charge is -2.19. The van der Waals surface area contributed by atoms with Gasteiger partial charge in [0, 0.05) is 17.2 Å². The number of ether oxygens (including phenoxy) is 2. The molecule has 1 amide bonds. The van der Waals surface area contributed by atoms with Crippen LogP contribution in [-0.2, 0) is 4.74 Å². The van der Waals surface area contributed by atoms with Crippen molar-refractivity contribution in [2.45, 2.75) is 45.6 Å². The Balaban J connectivity index is 1.57. The summed E-state index contributed by atoms with van der Waals surface area (Å²) < 4.78 is 41.8. The van der Waals surface area contributed by atoms with Gasteiger partial charge in [-0.2, -0.15) is 9.07 Å². The first-order valence-corrected chi connectivity index (χ1v) is 11.6. The fraction of sp³-hybridized carbons (Fsp3) is 0.409. The number of unbranched alkanes of at least 4 members (excludes halogenated alkanes) is 2. The summed E-state index contributed by atoms with van der Waals surface area (Å²) in [6.45, 7) is 5.99. The molecule has 0 aliphatic heterocycles. The van der Waals surface area contributed by atoms with Gasteiger partial charge in [0.25, 0.3) is 0 Å². The van der Waals surface area contributed by atoms with Gasteiger partial charge in [-0.05, 0) is 84.6 Å². The first-order chi connectivity index (χ1) is 16.6. The van der Waals surface area contributed by atoms with Crippen LogP contribution in [0.15, 0.2) is 28.9 Å². The number of rotatable bonds is 9. The number of hydrogen-bond donors (Lipinski definition) is 2. The predicted molar refractivity (Wildman–Crippen MR) is 128 cm³/mol. The lowest BCUT2D eigenvalue weighted by molar-refractivity contribution is 0.0527. The van der Waals surface area contributed by atoms with Gasteiger partial charge in [0.2, 0.25) is 5.82 Å². The molecule has 3 N–H and O–H groups in total. The molecule has 1 aromatic carbocycles. The predicted octanol–water partition coefficient (Wildman–Crippen LogP) is 4.42. The van der Waals surface area contributed by atoms with E-state index in [0.717, 1.165) is 4.68 Å². The molecule has 0 saturated heterocycles. The standard InChI is InChI=1S/C22H26BrF2N7O3/c1-22(2,3)35-21(33)27-9-5-4-6-10-34-16-8-7-15(17(24)18(16)25)32-20(29-30-31-32)14-11-13(23)12-28-19(14)26/h7-8,11-12H,4-6,9-10H2,1-3H3,(H2,26,28)(H,27,33). The average molecular weight is 554 g/mol. The van der Waals surface area contributed by atoms with Gasteiger partial charge < -0.3 is 20.5 Å². The summed E-state index contributed by atoms with van der Waals surface area (Å²) in [5, 5.41) is 13.9. The molecule has 2 aromatic heterocycles. The second-order valence-electron chi connectivity index (χ2n) is 8.55. The van der Waals surface area contributed by atoms with Crippen LogP contribution in [0.2, 0.25) is 0 Å². The number of nitrogen functional groups attached to an aromatic ring is 1. The molecule has 188 valence electrons. The molecule has 3 aromatic rings. The van der Waals surface area contributed by atoms with Crippen LogP contribution >= 0.6 is 15.9 Å². The van der Waals surface area contributed by atoms with E-state index in [1.165, 1.54) is 18.3 Å². The number of carbonyl (C=O) groups is 1. The number of aromatic nitrogens is 5. The summed E-state index contributed by atoms with van der Waals surface area (Å²) in [6, 6.07) is 4.26. The van der Waals surface area contributed by atoms with Gasteiger partial charge in [-0.25, -0.2) is 14.2 Å². The van der Waals surface area contributed by atoms with Crippen molar-refractivity contribution < 1.29 is 23.0 Å². The number of hydrogen-bond acceptors (Lipinski definition) is 8. The molecule has 0 fully saturated rings. The van der Waals surface area contributed by atoms with E-state index in [1.54, 1.807) is 26.8 Å². The van der Waals surface area contributed by atoms with Crippen LogP contribution in [0, 0.1) is 11.6 Å². The minimum absolute atomic E-state index is 0.100. The Morgan fingerprint density at radius 1 is 1.20 bits per heavy atom. The van der Waals surface area contributed by atoms with Crippen LogP contribution in [0.3, 0.4) is 0 Å². The Bertz CT molecular complexity index is 1180. The molecule has 0 unspecified atom stereocenters. The topological polar surface area (TPSA) is 130 Å². The first kappa shape index (κ1) is 26.3. The Kier molecular flexibility index (Phi) is 8.54. The molecule has 0 spiro atoms. The number of alkyl carbamates (subject to hydrolysis) is 1. The molecule has 0 aliphatic carbocycles. The number of halogens is 3. The summed E-state index contributed by atoms with van der Waals surface area (Å²) in [4.78, 5) is 15.6. The monoisotopic (exact) mass is 553 g/mol. The Morgan fingerprint density at radius 3 is 2.71 bits per heavy atom. The summed E-state index contributed by atoms with van der Waals surface area (Å²) in [5.74, 6) is -2.32. The third kappa shape index (κ3) is 7.07. The zero-order chi connectivity index (χ0) is 25.6. The highest BCUT2D eigenvalue weighted by Crippen LogP contribution is 2.30. The van der Waals surface area contributed by atoms with Gasteiger partial charge in [-0.1, -0.05) is 0 Å². The average Bonchev–Trinajstić information content (AvgIpc) is 3.25. The highest BCUT2D eigenvalue weighted by atomic mass is 79.9. The first-order valence-electron chi connectivity index (χ1n) is 10.8. The van der Waals surface area contributed by atoms with E-state index in [-0.39, 0.29) is 29.7 Å². The lowest BCUT2D eigenvalue weighted by Crippen LogP contribution is -2.33. The van der Waals surface area contributed by atoms with Crippen molar-refractivity contribution in [1.29, 1.82) is 0 Å². The molecule has 0 bridgehead atoms. The number of amides is 1. The normalized spacial score (nSPS) is 11.4. The van der Waals surface area contributed by atoms with Crippen LogP contribution in [0.5, 0.6) is 5.75 Å². The number of pyridine rings is 1. The summed E-state index contributed by atoms with van der Waals surface area (Å²) >= 11 is 3.29. The molecular formula is C22H26BrF2N7O3. The fourth-order valence-electron chi connectivity index (χ4n) is 3.03. The smallest absolute Gasteiger partial charge is 0.407 e. The number of nitrogens with two attached hydrogens (primary N) is 1. The second-order valence-corrected chi connectivity index (χ2v) is 9.46. The highest BCUT2D eigenvalue weighted by Gasteiger charge is 2.22. The van der Waals surface area contributed by atoms with Crippen LogP contribution in [0.4, 0.5) is 19.4 Å². The van der Waals surface area contributed by atoms with Gasteiger partial charge in [-0.15, -0.1) is 5.10 Å². The maximum Gasteiger partial charge on any atom is 0.407 e. The van der Waals surface area contributed by atoms with E-state index in [0.29, 0.717) is 35.8 Å². The van der Waals surface area contributed by atoms with Crippen molar-refractivity contribution in [1.82, 2.24) is 30.5 Å². The molecule has 0 aliphatic rings. The van der Waals surface area contributed by atoms with Gasteiger partial charge in [0.05, 0.1) is 12.2 Å². The second kappa shape index (κ2) is 11.4. The molecule has 2 heterocycles. The molecule has 35 heavy (non-hydrogen) atoms. The van der Waals surface area contributed by atoms with Crippen molar-refractivity contribution in [3.8, 4) is 22.8 Å². The van der Waals surface area contributed by atoms with E-state index < -0.39 is 23.3 Å². The van der Waals surface area contributed by atoms with Crippen molar-refractivity contribution in [2.24, 2.45) is 0 Å². The highest BCUT2D eigenvalue weighted by molar-refractivity contribution is 9.10. The van der Waals surface area contributed by atoms with E-state index in [1.807, 2.05) is 0 Å². The maximum absolute atomic E-state index is 14.9. The third-order valence-corrected chi connectivity index (χ3v) is 5.03. The van der Waals surface area contributed by atoms with E-state index in [4.69, 9.17) is 15.2 Å². The minimum Gasteiger partial charge on any atom is -0.490 e. The largest absolute Gasteiger partial charge is 0.490 e. The molecule has 13 heteroatoms. The van der Waals surface area contributed by atoms with Crippen molar-refractivity contribution in [2.75, 3.05) is 18.9 Å². The Morgan fingerprint density at radius 2 is 1.97 bits per heavy atom. The SMILES string of the molecule is CC(C)(C)OC(=O)NCCCCCOc1ccc(-n2nnnc2-c2cc(Br)cnc2N)c(F)c1F. The Hall–Kier alpha value is -3.35. The number of tetrazole rings is 1. The van der Waals surface area contributed by atoms with Gasteiger partial charge >= 0.3 is 6.09 Å².